The number of imide groups is 1. The number of carbonyl (C=O) groups excluding carboxylic acids is 2. The highest BCUT2D eigenvalue weighted by Crippen LogP contribution is 2.31. The number of nitrogens with zero attached hydrogens (tertiary/aromatic N) is 2. The molecule has 3 amide bonds. The van der Waals surface area contributed by atoms with Crippen molar-refractivity contribution in [3.05, 3.63) is 75.5 Å². The zero-order chi connectivity index (χ0) is 18.0. The number of carbonyl (C=O) groups is 2. The van der Waals surface area contributed by atoms with E-state index in [1.807, 2.05) is 6.07 Å². The largest absolute Gasteiger partial charge is 0.502 e. The second-order valence-electron chi connectivity index (χ2n) is 5.34. The average Bonchev–Trinajstić information content (AvgIpc) is 2.85. The molecule has 8 heteroatoms. The first-order chi connectivity index (χ1) is 12.0. The van der Waals surface area contributed by atoms with Gasteiger partial charge in [0.05, 0.1) is 11.5 Å². The van der Waals surface area contributed by atoms with E-state index in [0.717, 1.165) is 16.5 Å². The Morgan fingerprint density at radius 3 is 2.52 bits per heavy atom. The van der Waals surface area contributed by atoms with Crippen LogP contribution in [0.5, 0.6) is 5.75 Å². The van der Waals surface area contributed by atoms with Crippen molar-refractivity contribution in [3.63, 3.8) is 0 Å². The van der Waals surface area contributed by atoms with Crippen LogP contribution >= 0.6 is 0 Å². The lowest BCUT2D eigenvalue weighted by atomic mass is 10.1. The Balaban J connectivity index is 1.88. The van der Waals surface area contributed by atoms with Gasteiger partial charge in [-0.05, 0) is 11.6 Å². The van der Waals surface area contributed by atoms with Crippen molar-refractivity contribution in [1.29, 1.82) is 0 Å². The van der Waals surface area contributed by atoms with Crippen LogP contribution in [0.25, 0.3) is 6.08 Å². The number of hydrogen-bond donors (Lipinski definition) is 2. The number of nitrogens with one attached hydrogen (secondary N) is 1. The monoisotopic (exact) mass is 339 g/mol. The number of nitro benzene ring substituents is 1. The van der Waals surface area contributed by atoms with E-state index in [9.17, 15) is 24.8 Å². The van der Waals surface area contributed by atoms with Crippen LogP contribution in [0.4, 0.5) is 10.5 Å². The first-order valence-electron chi connectivity index (χ1n) is 7.32. The van der Waals surface area contributed by atoms with Crippen LogP contribution in [0.15, 0.2) is 54.2 Å². The number of rotatable bonds is 4. The molecule has 0 bridgehead atoms. The smallest absolute Gasteiger partial charge is 0.329 e. The number of urea groups is 1. The summed E-state index contributed by atoms with van der Waals surface area (Å²) in [5.74, 6) is -1.14. The molecule has 1 aliphatic heterocycles. The lowest BCUT2D eigenvalue weighted by molar-refractivity contribution is -0.385. The van der Waals surface area contributed by atoms with Crippen molar-refractivity contribution >= 4 is 23.7 Å². The van der Waals surface area contributed by atoms with Crippen LogP contribution in [0, 0.1) is 10.1 Å². The van der Waals surface area contributed by atoms with E-state index in [-0.39, 0.29) is 17.8 Å². The summed E-state index contributed by atoms with van der Waals surface area (Å²) in [6.45, 7) is 0.101. The van der Waals surface area contributed by atoms with Crippen LogP contribution in [-0.2, 0) is 11.3 Å². The standard InChI is InChI=1S/C17H13N3O5/c21-15-12(7-4-8-14(15)20(24)25)9-13-16(22)19(17(23)18-13)10-11-5-2-1-3-6-11/h1-9,21H,10H2,(H,18,23)/b13-9+. The Hall–Kier alpha value is -3.68. The van der Waals surface area contributed by atoms with E-state index < -0.39 is 28.3 Å². The van der Waals surface area contributed by atoms with Gasteiger partial charge in [-0.3, -0.25) is 19.8 Å². The molecule has 25 heavy (non-hydrogen) atoms. The number of para-hydroxylation sites is 1. The zero-order valence-electron chi connectivity index (χ0n) is 12.9. The van der Waals surface area contributed by atoms with Crippen molar-refractivity contribution in [2.75, 3.05) is 0 Å². The van der Waals surface area contributed by atoms with Crippen LogP contribution in [-0.4, -0.2) is 26.9 Å². The number of benzene rings is 2. The van der Waals surface area contributed by atoms with Gasteiger partial charge >= 0.3 is 11.7 Å². The van der Waals surface area contributed by atoms with Crippen LogP contribution in [0.3, 0.4) is 0 Å². The predicted molar refractivity (Wildman–Crippen MR) is 88.3 cm³/mol. The van der Waals surface area contributed by atoms with Crippen LogP contribution in [0.1, 0.15) is 11.1 Å². The van der Waals surface area contributed by atoms with Gasteiger partial charge in [-0.1, -0.05) is 42.5 Å². The minimum absolute atomic E-state index is 0.0586. The van der Waals surface area contributed by atoms with Crippen molar-refractivity contribution in [2.24, 2.45) is 0 Å². The van der Waals surface area contributed by atoms with Crippen LogP contribution in [0.2, 0.25) is 0 Å². The highest BCUT2D eigenvalue weighted by molar-refractivity contribution is 6.14. The van der Waals surface area contributed by atoms with Gasteiger partial charge < -0.3 is 10.4 Å². The maximum atomic E-state index is 12.4. The van der Waals surface area contributed by atoms with Gasteiger partial charge in [0.25, 0.3) is 5.91 Å². The van der Waals surface area contributed by atoms with E-state index in [2.05, 4.69) is 5.32 Å². The summed E-state index contributed by atoms with van der Waals surface area (Å²) in [7, 11) is 0. The Labute approximate surface area is 142 Å². The van der Waals surface area contributed by atoms with Gasteiger partial charge in [0.1, 0.15) is 5.70 Å². The molecule has 1 aliphatic rings. The molecule has 0 saturated carbocycles. The van der Waals surface area contributed by atoms with Crippen molar-refractivity contribution in [3.8, 4) is 5.75 Å². The average molecular weight is 339 g/mol. The first kappa shape index (κ1) is 16.2. The van der Waals surface area contributed by atoms with Gasteiger partial charge in [-0.15, -0.1) is 0 Å². The molecular weight excluding hydrogens is 326 g/mol. The Morgan fingerprint density at radius 1 is 1.12 bits per heavy atom. The molecule has 0 aliphatic carbocycles. The summed E-state index contributed by atoms with van der Waals surface area (Å²) < 4.78 is 0. The van der Waals surface area contributed by atoms with E-state index in [0.29, 0.717) is 0 Å². The maximum Gasteiger partial charge on any atom is 0.329 e. The van der Waals surface area contributed by atoms with Gasteiger partial charge in [0.2, 0.25) is 5.75 Å². The van der Waals surface area contributed by atoms with Gasteiger partial charge in [0, 0.05) is 11.6 Å². The lowest BCUT2D eigenvalue weighted by Gasteiger charge is -2.11. The van der Waals surface area contributed by atoms with Gasteiger partial charge in [-0.2, -0.15) is 0 Å². The quantitative estimate of drug-likeness (QED) is 0.384. The molecule has 1 fully saturated rings. The third-order valence-corrected chi connectivity index (χ3v) is 3.69. The zero-order valence-corrected chi connectivity index (χ0v) is 12.9. The molecule has 0 atom stereocenters. The molecule has 8 nitrogen and oxygen atoms in total. The Bertz CT molecular complexity index is 892. The number of phenolic OH excluding ortho intramolecular Hbond substituents is 1. The van der Waals surface area contributed by atoms with Crippen molar-refractivity contribution in [2.45, 2.75) is 6.54 Å². The Kier molecular flexibility index (Phi) is 4.17. The number of amides is 3. The normalized spacial score (nSPS) is 15.5. The summed E-state index contributed by atoms with van der Waals surface area (Å²) >= 11 is 0. The van der Waals surface area contributed by atoms with Crippen molar-refractivity contribution in [1.82, 2.24) is 10.2 Å². The predicted octanol–water partition coefficient (Wildman–Crippen LogP) is 2.39. The van der Waals surface area contributed by atoms with E-state index in [4.69, 9.17) is 0 Å². The SMILES string of the molecule is O=C1N/C(=C/c2cccc([N+](=O)[O-])c2O)C(=O)N1Cc1ccccc1. The van der Waals surface area contributed by atoms with Crippen LogP contribution < -0.4 is 5.32 Å². The molecule has 0 aromatic heterocycles. The molecule has 0 radical (unpaired) electrons. The number of aromatic hydroxyl groups is 1. The van der Waals surface area contributed by atoms with Crippen molar-refractivity contribution < 1.29 is 19.6 Å². The third-order valence-electron chi connectivity index (χ3n) is 3.69. The highest BCUT2D eigenvalue weighted by atomic mass is 16.6. The summed E-state index contributed by atoms with van der Waals surface area (Å²) in [6, 6.07) is 12.3. The summed E-state index contributed by atoms with van der Waals surface area (Å²) in [5, 5.41) is 23.2. The molecule has 126 valence electrons. The lowest BCUT2D eigenvalue weighted by Crippen LogP contribution is -2.30. The topological polar surface area (TPSA) is 113 Å². The highest BCUT2D eigenvalue weighted by Gasteiger charge is 2.33. The number of nitro groups is 1. The fraction of sp³-hybridized carbons (Fsp3) is 0.0588. The van der Waals surface area contributed by atoms with E-state index >= 15 is 0 Å². The molecular formula is C17H13N3O5. The molecule has 0 spiro atoms. The first-order valence-corrected chi connectivity index (χ1v) is 7.32. The molecule has 0 unspecified atom stereocenters. The van der Waals surface area contributed by atoms with Gasteiger partial charge in [-0.25, -0.2) is 4.79 Å². The molecule has 2 aromatic rings. The fourth-order valence-electron chi connectivity index (χ4n) is 2.45. The fourth-order valence-corrected chi connectivity index (χ4v) is 2.45. The second-order valence-corrected chi connectivity index (χ2v) is 5.34. The molecule has 3 rings (SSSR count). The number of phenols is 1. The second kappa shape index (κ2) is 6.44. The third kappa shape index (κ3) is 3.18. The van der Waals surface area contributed by atoms with E-state index in [1.165, 1.54) is 18.2 Å². The molecule has 2 N–H and O–H groups in total. The maximum absolute atomic E-state index is 12.4. The Morgan fingerprint density at radius 2 is 1.84 bits per heavy atom. The molecule has 1 heterocycles. The number of hydrogen-bond acceptors (Lipinski definition) is 5. The van der Waals surface area contributed by atoms with Gasteiger partial charge in [0.15, 0.2) is 0 Å². The molecule has 2 aromatic carbocycles. The minimum atomic E-state index is -0.728. The minimum Gasteiger partial charge on any atom is -0.502 e. The summed E-state index contributed by atoms with van der Waals surface area (Å²) in [5.41, 5.74) is 0.314. The summed E-state index contributed by atoms with van der Waals surface area (Å²) in [6.07, 6.45) is 1.22. The van der Waals surface area contributed by atoms with E-state index in [1.54, 1.807) is 24.3 Å². The summed E-state index contributed by atoms with van der Waals surface area (Å²) in [4.78, 5) is 35.6. The molecule has 1 saturated heterocycles.